The van der Waals surface area contributed by atoms with Gasteiger partial charge in [-0.15, -0.1) is 10.2 Å². The molecule has 1 aromatic rings. The van der Waals surface area contributed by atoms with Gasteiger partial charge in [0.1, 0.15) is 5.82 Å². The second-order valence-corrected chi connectivity index (χ2v) is 4.86. The molecular weight excluding hydrogens is 230 g/mol. The summed E-state index contributed by atoms with van der Waals surface area (Å²) in [4.78, 5) is 13.2. The van der Waals surface area contributed by atoms with Crippen LogP contribution >= 0.6 is 0 Å². The number of nitrogens with zero attached hydrogens (tertiary/aromatic N) is 3. The van der Waals surface area contributed by atoms with Crippen LogP contribution in [-0.2, 0) is 0 Å². The van der Waals surface area contributed by atoms with Gasteiger partial charge in [0.25, 0.3) is 5.91 Å². The molecular formula is C12H19N5O. The van der Waals surface area contributed by atoms with Gasteiger partial charge in [-0.1, -0.05) is 0 Å². The molecule has 98 valence electrons. The van der Waals surface area contributed by atoms with E-state index in [0.29, 0.717) is 17.9 Å². The fourth-order valence-corrected chi connectivity index (χ4v) is 2.17. The Kier molecular flexibility index (Phi) is 3.76. The molecule has 1 amide bonds. The Morgan fingerprint density at radius 2 is 2.28 bits per heavy atom. The quantitative estimate of drug-likeness (QED) is 0.813. The van der Waals surface area contributed by atoms with Crippen molar-refractivity contribution in [2.45, 2.75) is 31.8 Å². The van der Waals surface area contributed by atoms with E-state index < -0.39 is 5.91 Å². The first-order valence-corrected chi connectivity index (χ1v) is 6.16. The molecule has 3 N–H and O–H groups in total. The lowest BCUT2D eigenvalue weighted by atomic mass is 9.99. The van der Waals surface area contributed by atoms with Gasteiger partial charge in [-0.3, -0.25) is 4.79 Å². The zero-order valence-corrected chi connectivity index (χ0v) is 10.8. The lowest BCUT2D eigenvalue weighted by molar-refractivity contribution is 0.0994. The van der Waals surface area contributed by atoms with Crippen molar-refractivity contribution in [2.75, 3.05) is 18.9 Å². The van der Waals surface area contributed by atoms with E-state index in [9.17, 15) is 4.79 Å². The predicted octanol–water partition coefficient (Wildman–Crippen LogP) is 0.470. The second-order valence-electron chi connectivity index (χ2n) is 4.86. The van der Waals surface area contributed by atoms with Crippen molar-refractivity contribution < 1.29 is 4.79 Å². The largest absolute Gasteiger partial charge is 0.366 e. The van der Waals surface area contributed by atoms with Crippen LogP contribution in [0.4, 0.5) is 5.82 Å². The van der Waals surface area contributed by atoms with Crippen molar-refractivity contribution in [1.82, 2.24) is 15.1 Å². The maximum atomic E-state index is 10.9. The predicted molar refractivity (Wildman–Crippen MR) is 69.3 cm³/mol. The average Bonchev–Trinajstić information content (AvgIpc) is 2.34. The minimum atomic E-state index is -0.554. The van der Waals surface area contributed by atoms with Crippen LogP contribution in [0.2, 0.25) is 0 Å². The summed E-state index contributed by atoms with van der Waals surface area (Å²) in [6.45, 7) is 3.29. The molecule has 0 aromatic carbocycles. The van der Waals surface area contributed by atoms with E-state index in [-0.39, 0.29) is 5.69 Å². The van der Waals surface area contributed by atoms with Crippen LogP contribution in [0.3, 0.4) is 0 Å². The summed E-state index contributed by atoms with van der Waals surface area (Å²) in [6.07, 6.45) is 2.16. The van der Waals surface area contributed by atoms with Gasteiger partial charge in [-0.05, 0) is 38.9 Å². The summed E-state index contributed by atoms with van der Waals surface area (Å²) in [5.41, 5.74) is 5.31. The fourth-order valence-electron chi connectivity index (χ4n) is 2.17. The van der Waals surface area contributed by atoms with Crippen LogP contribution in [-0.4, -0.2) is 46.7 Å². The first kappa shape index (κ1) is 12.8. The number of nitrogens with one attached hydrogen (secondary N) is 1. The summed E-state index contributed by atoms with van der Waals surface area (Å²) in [7, 11) is 2.14. The van der Waals surface area contributed by atoms with Crippen molar-refractivity contribution in [3.63, 3.8) is 0 Å². The monoisotopic (exact) mass is 249 g/mol. The highest BCUT2D eigenvalue weighted by atomic mass is 16.1. The van der Waals surface area contributed by atoms with Crippen LogP contribution < -0.4 is 11.1 Å². The van der Waals surface area contributed by atoms with Gasteiger partial charge in [0.05, 0.1) is 0 Å². The van der Waals surface area contributed by atoms with Crippen molar-refractivity contribution in [1.29, 1.82) is 0 Å². The lowest BCUT2D eigenvalue weighted by Crippen LogP contribution is -2.42. The SMILES string of the molecule is CC1CC(Nc2ccc(C(N)=O)nn2)CCN1C. The minimum absolute atomic E-state index is 0.192. The van der Waals surface area contributed by atoms with E-state index >= 15 is 0 Å². The highest BCUT2D eigenvalue weighted by Gasteiger charge is 2.22. The number of likely N-dealkylation sites (tertiary alicyclic amines) is 1. The third-order valence-electron chi connectivity index (χ3n) is 3.48. The number of hydrogen-bond donors (Lipinski definition) is 2. The van der Waals surface area contributed by atoms with E-state index in [1.807, 2.05) is 0 Å². The number of anilines is 1. The number of rotatable bonds is 3. The van der Waals surface area contributed by atoms with Gasteiger partial charge in [-0.2, -0.15) is 0 Å². The second kappa shape index (κ2) is 5.30. The number of primary amides is 1. The van der Waals surface area contributed by atoms with Crippen LogP contribution in [0.5, 0.6) is 0 Å². The Hall–Kier alpha value is -1.69. The van der Waals surface area contributed by atoms with Crippen LogP contribution in [0.15, 0.2) is 12.1 Å². The van der Waals surface area contributed by atoms with Crippen molar-refractivity contribution in [2.24, 2.45) is 5.73 Å². The lowest BCUT2D eigenvalue weighted by Gasteiger charge is -2.35. The van der Waals surface area contributed by atoms with Crippen LogP contribution in [0.25, 0.3) is 0 Å². The molecule has 0 radical (unpaired) electrons. The number of hydrogen-bond acceptors (Lipinski definition) is 5. The third kappa shape index (κ3) is 2.95. The number of nitrogens with two attached hydrogens (primary N) is 1. The number of amides is 1. The van der Waals surface area contributed by atoms with Crippen LogP contribution in [0, 0.1) is 0 Å². The zero-order valence-electron chi connectivity index (χ0n) is 10.8. The Morgan fingerprint density at radius 1 is 1.50 bits per heavy atom. The summed E-state index contributed by atoms with van der Waals surface area (Å²) in [5, 5.41) is 11.1. The standard InChI is InChI=1S/C12H19N5O/c1-8-7-9(5-6-17(8)2)14-11-4-3-10(12(13)18)15-16-11/h3-4,8-9H,5-7H2,1-2H3,(H2,13,18)(H,14,16). The molecule has 1 saturated heterocycles. The first-order chi connectivity index (χ1) is 8.56. The van der Waals surface area contributed by atoms with Crippen molar-refractivity contribution in [3.8, 4) is 0 Å². The topological polar surface area (TPSA) is 84.1 Å². The summed E-state index contributed by atoms with van der Waals surface area (Å²) < 4.78 is 0. The molecule has 6 nitrogen and oxygen atoms in total. The average molecular weight is 249 g/mol. The Balaban J connectivity index is 1.95. The third-order valence-corrected chi connectivity index (χ3v) is 3.48. The van der Waals surface area contributed by atoms with Crippen LogP contribution in [0.1, 0.15) is 30.3 Å². The number of piperidine rings is 1. The smallest absolute Gasteiger partial charge is 0.269 e. The van der Waals surface area contributed by atoms with Gasteiger partial charge in [0.15, 0.2) is 5.69 Å². The van der Waals surface area contributed by atoms with E-state index in [0.717, 1.165) is 19.4 Å². The number of aromatic nitrogens is 2. The van der Waals surface area contributed by atoms with Gasteiger partial charge < -0.3 is 16.0 Å². The molecule has 1 aliphatic rings. The van der Waals surface area contributed by atoms with Gasteiger partial charge in [0.2, 0.25) is 0 Å². The number of carbonyl (C=O) groups is 1. The molecule has 0 saturated carbocycles. The molecule has 6 heteroatoms. The molecule has 0 bridgehead atoms. The molecule has 2 unspecified atom stereocenters. The van der Waals surface area contributed by atoms with E-state index in [1.54, 1.807) is 12.1 Å². The maximum absolute atomic E-state index is 10.9. The molecule has 1 aromatic heterocycles. The normalized spacial score (nSPS) is 24.8. The van der Waals surface area contributed by atoms with Gasteiger partial charge >= 0.3 is 0 Å². The maximum Gasteiger partial charge on any atom is 0.269 e. The minimum Gasteiger partial charge on any atom is -0.366 e. The zero-order chi connectivity index (χ0) is 13.1. The van der Waals surface area contributed by atoms with E-state index in [1.165, 1.54) is 0 Å². The summed E-state index contributed by atoms with van der Waals surface area (Å²) in [5.74, 6) is 0.142. The molecule has 1 aliphatic heterocycles. The Bertz CT molecular complexity index is 419. The molecule has 18 heavy (non-hydrogen) atoms. The van der Waals surface area contributed by atoms with Crippen molar-refractivity contribution in [3.05, 3.63) is 17.8 Å². The summed E-state index contributed by atoms with van der Waals surface area (Å²) in [6, 6.07) is 4.31. The highest BCUT2D eigenvalue weighted by molar-refractivity contribution is 5.90. The van der Waals surface area contributed by atoms with E-state index in [2.05, 4.69) is 34.4 Å². The molecule has 0 aliphatic carbocycles. The molecule has 2 atom stereocenters. The molecule has 2 heterocycles. The fraction of sp³-hybridized carbons (Fsp3) is 0.583. The van der Waals surface area contributed by atoms with E-state index in [4.69, 9.17) is 5.73 Å². The molecule has 0 spiro atoms. The first-order valence-electron chi connectivity index (χ1n) is 6.16. The Labute approximate surface area is 107 Å². The van der Waals surface area contributed by atoms with Gasteiger partial charge in [0, 0.05) is 18.6 Å². The molecule has 2 rings (SSSR count). The van der Waals surface area contributed by atoms with Gasteiger partial charge in [-0.25, -0.2) is 0 Å². The Morgan fingerprint density at radius 3 is 2.83 bits per heavy atom. The highest BCUT2D eigenvalue weighted by Crippen LogP contribution is 2.18. The molecule has 1 fully saturated rings. The summed E-state index contributed by atoms with van der Waals surface area (Å²) >= 11 is 0. The van der Waals surface area contributed by atoms with Crippen molar-refractivity contribution >= 4 is 11.7 Å². The number of carbonyl (C=O) groups excluding carboxylic acids is 1.